The van der Waals surface area contributed by atoms with Crippen LogP contribution < -0.4 is 0 Å². The summed E-state index contributed by atoms with van der Waals surface area (Å²) < 4.78 is 28.7. The van der Waals surface area contributed by atoms with Crippen molar-refractivity contribution in [2.45, 2.75) is 123 Å². The monoisotopic (exact) mass is 416 g/mol. The molecule has 1 atom stereocenters. The number of unbranched alkanes of at least 4 members (excludes halogenated alkanes) is 9. The zero-order valence-corrected chi connectivity index (χ0v) is 19.6. The molecule has 0 radical (unpaired) electrons. The van der Waals surface area contributed by atoms with E-state index in [4.69, 9.17) is 23.7 Å². The highest BCUT2D eigenvalue weighted by molar-refractivity contribution is 4.59. The van der Waals surface area contributed by atoms with Crippen LogP contribution in [0.25, 0.3) is 0 Å². The van der Waals surface area contributed by atoms with Crippen molar-refractivity contribution in [1.29, 1.82) is 0 Å². The first-order valence-electron chi connectivity index (χ1n) is 12.4. The molecule has 0 aliphatic carbocycles. The van der Waals surface area contributed by atoms with Gasteiger partial charge in [-0.05, 0) is 52.9 Å². The summed E-state index contributed by atoms with van der Waals surface area (Å²) in [5.74, 6) is -0.828. The van der Waals surface area contributed by atoms with E-state index in [0.29, 0.717) is 19.8 Å². The van der Waals surface area contributed by atoms with Gasteiger partial charge in [0.05, 0.1) is 0 Å². The molecule has 0 saturated carbocycles. The lowest BCUT2D eigenvalue weighted by atomic mass is 10.1. The first-order chi connectivity index (χ1) is 14.3. The fourth-order valence-corrected chi connectivity index (χ4v) is 3.92. The lowest BCUT2D eigenvalue weighted by Crippen LogP contribution is -2.39. The van der Waals surface area contributed by atoms with Crippen LogP contribution in [0.5, 0.6) is 0 Å². The number of ether oxygens (including phenoxy) is 5. The minimum atomic E-state index is -0.828. The second-order valence-electron chi connectivity index (χ2n) is 7.93. The van der Waals surface area contributed by atoms with Crippen LogP contribution in [0.1, 0.15) is 111 Å². The second kappa shape index (κ2) is 18.6. The minimum Gasteiger partial charge on any atom is -0.353 e. The molecule has 1 aliphatic rings. The quantitative estimate of drug-likeness (QED) is 0.166. The van der Waals surface area contributed by atoms with Crippen molar-refractivity contribution in [3.63, 3.8) is 0 Å². The van der Waals surface area contributed by atoms with Crippen LogP contribution in [0.3, 0.4) is 0 Å². The van der Waals surface area contributed by atoms with Crippen LogP contribution in [0.2, 0.25) is 0 Å². The highest BCUT2D eigenvalue weighted by Crippen LogP contribution is 2.24. The van der Waals surface area contributed by atoms with E-state index in [9.17, 15) is 0 Å². The van der Waals surface area contributed by atoms with Crippen LogP contribution in [-0.2, 0) is 23.7 Å². The molecule has 0 N–H and O–H groups in total. The lowest BCUT2D eigenvalue weighted by molar-refractivity contribution is -0.380. The van der Waals surface area contributed by atoms with Gasteiger partial charge in [-0.3, -0.25) is 0 Å². The molecule has 1 aliphatic heterocycles. The molecule has 1 unspecified atom stereocenters. The van der Waals surface area contributed by atoms with E-state index in [0.717, 1.165) is 32.5 Å². The Kier molecular flexibility index (Phi) is 17.2. The van der Waals surface area contributed by atoms with E-state index in [-0.39, 0.29) is 6.29 Å². The molecule has 0 amide bonds. The Balaban J connectivity index is 1.89. The van der Waals surface area contributed by atoms with E-state index < -0.39 is 5.97 Å². The molecule has 0 bridgehead atoms. The van der Waals surface area contributed by atoms with Gasteiger partial charge in [-0.15, -0.1) is 0 Å². The van der Waals surface area contributed by atoms with Crippen molar-refractivity contribution in [2.24, 2.45) is 0 Å². The summed E-state index contributed by atoms with van der Waals surface area (Å²) in [6.07, 6.45) is 17.1. The lowest BCUT2D eigenvalue weighted by Gasteiger charge is -2.32. The zero-order valence-electron chi connectivity index (χ0n) is 19.6. The van der Waals surface area contributed by atoms with Crippen molar-refractivity contribution in [3.05, 3.63) is 0 Å². The molecular formula is C24H48O5. The highest BCUT2D eigenvalue weighted by atomic mass is 16.9. The van der Waals surface area contributed by atoms with E-state index in [1.165, 1.54) is 70.6 Å². The Morgan fingerprint density at radius 3 is 1.69 bits per heavy atom. The van der Waals surface area contributed by atoms with Gasteiger partial charge in [0.1, 0.15) is 0 Å². The van der Waals surface area contributed by atoms with Crippen LogP contribution in [0.4, 0.5) is 0 Å². The van der Waals surface area contributed by atoms with Crippen LogP contribution >= 0.6 is 0 Å². The third-order valence-corrected chi connectivity index (χ3v) is 5.41. The summed E-state index contributed by atoms with van der Waals surface area (Å²) in [6.45, 7) is 9.54. The Morgan fingerprint density at radius 2 is 1.21 bits per heavy atom. The average Bonchev–Trinajstić information content (AvgIpc) is 2.73. The molecule has 0 aromatic carbocycles. The summed E-state index contributed by atoms with van der Waals surface area (Å²) in [5.41, 5.74) is 0. The maximum Gasteiger partial charge on any atom is 0.282 e. The van der Waals surface area contributed by atoms with Gasteiger partial charge in [0.25, 0.3) is 5.97 Å². The van der Waals surface area contributed by atoms with Crippen molar-refractivity contribution >= 4 is 0 Å². The summed E-state index contributed by atoms with van der Waals surface area (Å²) in [4.78, 5) is 0. The molecule has 174 valence electrons. The van der Waals surface area contributed by atoms with Crippen LogP contribution in [0.15, 0.2) is 0 Å². The summed E-state index contributed by atoms with van der Waals surface area (Å²) in [7, 11) is 0. The first kappa shape index (κ1) is 26.8. The standard InChI is InChI=1S/C24H48O5/c1-4-27-24(28-5-2,29-6-3)20-16-13-11-9-7-8-10-12-14-17-21-25-23-19-15-18-22-26-23/h23H,4-22H2,1-3H3. The third kappa shape index (κ3) is 13.7. The van der Waals surface area contributed by atoms with Gasteiger partial charge >= 0.3 is 0 Å². The van der Waals surface area contributed by atoms with Crippen molar-refractivity contribution in [2.75, 3.05) is 33.0 Å². The van der Waals surface area contributed by atoms with Gasteiger partial charge in [-0.2, -0.15) is 0 Å². The fourth-order valence-electron chi connectivity index (χ4n) is 3.92. The molecule has 0 aromatic heterocycles. The molecule has 5 heteroatoms. The Hall–Kier alpha value is -0.200. The minimum absolute atomic E-state index is 0.0736. The van der Waals surface area contributed by atoms with Gasteiger partial charge in [0.15, 0.2) is 6.29 Å². The summed E-state index contributed by atoms with van der Waals surface area (Å²) in [5, 5.41) is 0. The van der Waals surface area contributed by atoms with Crippen LogP contribution in [0, 0.1) is 0 Å². The maximum absolute atomic E-state index is 5.79. The largest absolute Gasteiger partial charge is 0.353 e. The van der Waals surface area contributed by atoms with Gasteiger partial charge < -0.3 is 23.7 Å². The van der Waals surface area contributed by atoms with Gasteiger partial charge in [-0.25, -0.2) is 0 Å². The molecule has 0 spiro atoms. The van der Waals surface area contributed by atoms with E-state index >= 15 is 0 Å². The van der Waals surface area contributed by atoms with Crippen LogP contribution in [-0.4, -0.2) is 45.3 Å². The van der Waals surface area contributed by atoms with Gasteiger partial charge in [-0.1, -0.05) is 51.4 Å². The smallest absolute Gasteiger partial charge is 0.282 e. The van der Waals surface area contributed by atoms with E-state index in [1.54, 1.807) is 0 Å². The zero-order chi connectivity index (χ0) is 21.0. The Labute approximate surface area is 180 Å². The first-order valence-corrected chi connectivity index (χ1v) is 12.4. The van der Waals surface area contributed by atoms with Crippen molar-refractivity contribution in [3.8, 4) is 0 Å². The number of hydrogen-bond donors (Lipinski definition) is 0. The predicted octanol–water partition coefficient (Wildman–Crippen LogP) is 6.58. The van der Waals surface area contributed by atoms with Crippen molar-refractivity contribution < 1.29 is 23.7 Å². The molecule has 1 heterocycles. The van der Waals surface area contributed by atoms with E-state index in [2.05, 4.69) is 0 Å². The molecular weight excluding hydrogens is 368 g/mol. The van der Waals surface area contributed by atoms with Gasteiger partial charge in [0, 0.05) is 39.5 Å². The maximum atomic E-state index is 5.79. The highest BCUT2D eigenvalue weighted by Gasteiger charge is 2.31. The molecule has 1 rings (SSSR count). The molecule has 29 heavy (non-hydrogen) atoms. The normalized spacial score (nSPS) is 17.7. The fraction of sp³-hybridized carbons (Fsp3) is 1.00. The third-order valence-electron chi connectivity index (χ3n) is 5.41. The summed E-state index contributed by atoms with van der Waals surface area (Å²) in [6, 6.07) is 0. The predicted molar refractivity (Wildman–Crippen MR) is 118 cm³/mol. The number of rotatable bonds is 20. The Bertz CT molecular complexity index is 327. The molecule has 0 aromatic rings. The average molecular weight is 417 g/mol. The second-order valence-corrected chi connectivity index (χ2v) is 7.93. The SMILES string of the molecule is CCOC(CCCCCCCCCCCCOC1CCCCO1)(OCC)OCC. The van der Waals surface area contributed by atoms with Gasteiger partial charge in [0.2, 0.25) is 0 Å². The topological polar surface area (TPSA) is 46.2 Å². The Morgan fingerprint density at radius 1 is 0.690 bits per heavy atom. The summed E-state index contributed by atoms with van der Waals surface area (Å²) >= 11 is 0. The molecule has 1 fully saturated rings. The van der Waals surface area contributed by atoms with Crippen molar-refractivity contribution in [1.82, 2.24) is 0 Å². The molecule has 1 saturated heterocycles. The van der Waals surface area contributed by atoms with E-state index in [1.807, 2.05) is 20.8 Å². The number of hydrogen-bond acceptors (Lipinski definition) is 5. The molecule has 5 nitrogen and oxygen atoms in total.